The quantitative estimate of drug-likeness (QED) is 0.782. The molecule has 0 aliphatic rings. The number of carbonyl (C=O) groups excluding carboxylic acids is 1. The fourth-order valence-corrected chi connectivity index (χ4v) is 2.17. The van der Waals surface area contributed by atoms with Gasteiger partial charge in [0.05, 0.1) is 6.54 Å². The molecule has 21 heavy (non-hydrogen) atoms. The second-order valence-electron chi connectivity index (χ2n) is 4.48. The van der Waals surface area contributed by atoms with E-state index in [0.717, 1.165) is 15.9 Å². The average Bonchev–Trinajstić information content (AvgIpc) is 2.51. The molecule has 1 aromatic carbocycles. The van der Waals surface area contributed by atoms with E-state index in [4.69, 9.17) is 4.74 Å². The summed E-state index contributed by atoms with van der Waals surface area (Å²) >= 11 is 3.38. The fraction of sp³-hybridized carbons (Fsp3) is 0.250. The number of carbonyl (C=O) groups is 1. The molecule has 2 aromatic rings. The number of nitrogens with zero attached hydrogens (tertiary/aromatic N) is 1. The van der Waals surface area contributed by atoms with Gasteiger partial charge in [0.2, 0.25) is 5.91 Å². The summed E-state index contributed by atoms with van der Waals surface area (Å²) in [7, 11) is 0. The SMILES string of the molecule is O=C(CCc1ccccn1)NCCOc1cccc(Br)c1. The van der Waals surface area contributed by atoms with Crippen LogP contribution in [-0.2, 0) is 11.2 Å². The second kappa shape index (κ2) is 8.42. The van der Waals surface area contributed by atoms with Gasteiger partial charge in [0.1, 0.15) is 12.4 Å². The summed E-state index contributed by atoms with van der Waals surface area (Å²) in [6, 6.07) is 13.3. The largest absolute Gasteiger partial charge is 0.492 e. The molecule has 1 N–H and O–H groups in total. The van der Waals surface area contributed by atoms with Crippen molar-refractivity contribution in [2.24, 2.45) is 0 Å². The molecule has 0 saturated carbocycles. The van der Waals surface area contributed by atoms with E-state index in [2.05, 4.69) is 26.2 Å². The molecule has 0 aliphatic heterocycles. The molecule has 0 atom stereocenters. The van der Waals surface area contributed by atoms with Crippen LogP contribution in [0.25, 0.3) is 0 Å². The van der Waals surface area contributed by atoms with Crippen LogP contribution < -0.4 is 10.1 Å². The van der Waals surface area contributed by atoms with Gasteiger partial charge < -0.3 is 10.1 Å². The third-order valence-electron chi connectivity index (χ3n) is 2.82. The molecule has 0 saturated heterocycles. The topological polar surface area (TPSA) is 51.2 Å². The minimum absolute atomic E-state index is 0.0125. The van der Waals surface area contributed by atoms with Crippen molar-refractivity contribution >= 4 is 21.8 Å². The Morgan fingerprint density at radius 2 is 2.14 bits per heavy atom. The van der Waals surface area contributed by atoms with Gasteiger partial charge in [-0.1, -0.05) is 28.1 Å². The lowest BCUT2D eigenvalue weighted by molar-refractivity contribution is -0.121. The van der Waals surface area contributed by atoms with Crippen molar-refractivity contribution in [2.45, 2.75) is 12.8 Å². The van der Waals surface area contributed by atoms with Crippen molar-refractivity contribution in [1.82, 2.24) is 10.3 Å². The summed E-state index contributed by atoms with van der Waals surface area (Å²) in [5.74, 6) is 0.797. The van der Waals surface area contributed by atoms with Gasteiger partial charge in [-0.25, -0.2) is 0 Å². The monoisotopic (exact) mass is 348 g/mol. The van der Waals surface area contributed by atoms with E-state index in [0.29, 0.717) is 26.0 Å². The fourth-order valence-electron chi connectivity index (χ4n) is 1.79. The maximum atomic E-state index is 11.7. The Kier molecular flexibility index (Phi) is 6.22. The van der Waals surface area contributed by atoms with Crippen LogP contribution in [0.15, 0.2) is 53.1 Å². The van der Waals surface area contributed by atoms with Gasteiger partial charge in [-0.15, -0.1) is 0 Å². The smallest absolute Gasteiger partial charge is 0.220 e. The number of ether oxygens (including phenoxy) is 1. The molecule has 0 unspecified atom stereocenters. The van der Waals surface area contributed by atoms with Gasteiger partial charge >= 0.3 is 0 Å². The molecule has 0 spiro atoms. The summed E-state index contributed by atoms with van der Waals surface area (Å²) in [6.07, 6.45) is 2.83. The molecule has 1 amide bonds. The van der Waals surface area contributed by atoms with E-state index in [1.54, 1.807) is 6.20 Å². The molecule has 110 valence electrons. The van der Waals surface area contributed by atoms with Crippen molar-refractivity contribution in [2.75, 3.05) is 13.2 Å². The summed E-state index contributed by atoms with van der Waals surface area (Å²) < 4.78 is 6.51. The molecule has 5 heteroatoms. The van der Waals surface area contributed by atoms with Crippen molar-refractivity contribution in [3.05, 3.63) is 58.8 Å². The van der Waals surface area contributed by atoms with Crippen LogP contribution in [0.2, 0.25) is 0 Å². The van der Waals surface area contributed by atoms with E-state index >= 15 is 0 Å². The highest BCUT2D eigenvalue weighted by molar-refractivity contribution is 9.10. The molecule has 0 radical (unpaired) electrons. The number of rotatable bonds is 7. The molecule has 0 aliphatic carbocycles. The average molecular weight is 349 g/mol. The van der Waals surface area contributed by atoms with Crippen LogP contribution in [0.5, 0.6) is 5.75 Å². The minimum atomic E-state index is 0.0125. The maximum absolute atomic E-state index is 11.7. The Bertz CT molecular complexity index is 575. The Balaban J connectivity index is 1.61. The zero-order chi connectivity index (χ0) is 14.9. The maximum Gasteiger partial charge on any atom is 0.220 e. The summed E-state index contributed by atoms with van der Waals surface area (Å²) in [5, 5.41) is 2.83. The number of nitrogens with one attached hydrogen (secondary N) is 1. The van der Waals surface area contributed by atoms with Gasteiger partial charge in [0.25, 0.3) is 0 Å². The lowest BCUT2D eigenvalue weighted by Gasteiger charge is -2.08. The highest BCUT2D eigenvalue weighted by Crippen LogP contribution is 2.17. The first kappa shape index (κ1) is 15.5. The van der Waals surface area contributed by atoms with E-state index in [1.165, 1.54) is 0 Å². The van der Waals surface area contributed by atoms with Gasteiger partial charge in [-0.3, -0.25) is 9.78 Å². The molecule has 1 aromatic heterocycles. The molecular weight excluding hydrogens is 332 g/mol. The lowest BCUT2D eigenvalue weighted by atomic mass is 10.2. The van der Waals surface area contributed by atoms with Crippen LogP contribution >= 0.6 is 15.9 Å². The summed E-state index contributed by atoms with van der Waals surface area (Å²) in [6.45, 7) is 0.944. The van der Waals surface area contributed by atoms with Crippen LogP contribution in [-0.4, -0.2) is 24.0 Å². The number of pyridine rings is 1. The Hall–Kier alpha value is -1.88. The van der Waals surface area contributed by atoms with Crippen molar-refractivity contribution in [1.29, 1.82) is 0 Å². The standard InChI is InChI=1S/C16H17BrN2O2/c17-13-4-3-6-15(12-13)21-11-10-19-16(20)8-7-14-5-1-2-9-18-14/h1-6,9,12H,7-8,10-11H2,(H,19,20). The number of benzene rings is 1. The predicted octanol–water partition coefficient (Wildman–Crippen LogP) is 2.97. The van der Waals surface area contributed by atoms with Crippen molar-refractivity contribution in [3.8, 4) is 5.75 Å². The van der Waals surface area contributed by atoms with Gasteiger partial charge in [-0.05, 0) is 36.8 Å². The number of aromatic nitrogens is 1. The third kappa shape index (κ3) is 5.95. The number of halogens is 1. The third-order valence-corrected chi connectivity index (χ3v) is 3.32. The molecular formula is C16H17BrN2O2. The lowest BCUT2D eigenvalue weighted by Crippen LogP contribution is -2.28. The van der Waals surface area contributed by atoms with Gasteiger partial charge in [-0.2, -0.15) is 0 Å². The molecule has 0 bridgehead atoms. The van der Waals surface area contributed by atoms with Crippen LogP contribution in [0.1, 0.15) is 12.1 Å². The minimum Gasteiger partial charge on any atom is -0.492 e. The highest BCUT2D eigenvalue weighted by atomic mass is 79.9. The van der Waals surface area contributed by atoms with Crippen molar-refractivity contribution < 1.29 is 9.53 Å². The van der Waals surface area contributed by atoms with E-state index in [-0.39, 0.29) is 5.91 Å². The predicted molar refractivity (Wildman–Crippen MR) is 85.2 cm³/mol. The zero-order valence-electron chi connectivity index (χ0n) is 11.6. The number of amides is 1. The summed E-state index contributed by atoms with van der Waals surface area (Å²) in [4.78, 5) is 15.9. The molecule has 4 nitrogen and oxygen atoms in total. The van der Waals surface area contributed by atoms with Crippen LogP contribution in [0, 0.1) is 0 Å². The van der Waals surface area contributed by atoms with Crippen LogP contribution in [0.3, 0.4) is 0 Å². The molecule has 2 rings (SSSR count). The van der Waals surface area contributed by atoms with Crippen LogP contribution in [0.4, 0.5) is 0 Å². The molecule has 1 heterocycles. The number of hydrogen-bond acceptors (Lipinski definition) is 3. The second-order valence-corrected chi connectivity index (χ2v) is 5.39. The first-order valence-corrected chi connectivity index (χ1v) is 7.58. The normalized spacial score (nSPS) is 10.1. The zero-order valence-corrected chi connectivity index (χ0v) is 13.2. The van der Waals surface area contributed by atoms with E-state index in [1.807, 2.05) is 42.5 Å². The number of hydrogen-bond donors (Lipinski definition) is 1. The molecule has 0 fully saturated rings. The van der Waals surface area contributed by atoms with Gasteiger partial charge in [0.15, 0.2) is 0 Å². The van der Waals surface area contributed by atoms with Gasteiger partial charge in [0, 0.05) is 22.8 Å². The first-order valence-electron chi connectivity index (χ1n) is 6.79. The first-order chi connectivity index (χ1) is 10.2. The number of aryl methyl sites for hydroxylation is 1. The van der Waals surface area contributed by atoms with E-state index in [9.17, 15) is 4.79 Å². The highest BCUT2D eigenvalue weighted by Gasteiger charge is 2.02. The Labute approximate surface area is 132 Å². The van der Waals surface area contributed by atoms with E-state index < -0.39 is 0 Å². The Morgan fingerprint density at radius 1 is 1.24 bits per heavy atom. The van der Waals surface area contributed by atoms with Crippen molar-refractivity contribution in [3.63, 3.8) is 0 Å². The summed E-state index contributed by atoms with van der Waals surface area (Å²) in [5.41, 5.74) is 0.929. The Morgan fingerprint density at radius 3 is 2.90 bits per heavy atom.